The van der Waals surface area contributed by atoms with E-state index in [1.807, 2.05) is 18.7 Å². The molecule has 3 fully saturated rings. The molecule has 2 saturated carbocycles. The van der Waals surface area contributed by atoms with Crippen LogP contribution >= 0.6 is 0 Å². The molecule has 1 aliphatic heterocycles. The first-order valence-electron chi connectivity index (χ1n) is 7.74. The minimum Gasteiger partial charge on any atom is -0.336 e. The molecule has 22 heavy (non-hydrogen) atoms. The fourth-order valence-corrected chi connectivity index (χ4v) is 4.12. The van der Waals surface area contributed by atoms with Crippen LogP contribution in [0.2, 0.25) is 0 Å². The largest absolute Gasteiger partial charge is 0.336 e. The molecule has 0 bridgehead atoms. The van der Waals surface area contributed by atoms with E-state index in [1.54, 1.807) is 0 Å². The van der Waals surface area contributed by atoms with Crippen LogP contribution in [0.5, 0.6) is 0 Å². The molecule has 1 aromatic rings. The third kappa shape index (κ3) is 1.71. The highest BCUT2D eigenvalue weighted by Gasteiger charge is 2.76. The van der Waals surface area contributed by atoms with E-state index in [2.05, 4.69) is 0 Å². The number of carbonyl (C=O) groups is 1. The SMILES string of the molecule is CC1(C)C(c2cc(F)c(F)c(F)c2)CCN1C(=O)C12CC1C2. The normalized spacial score (nSPS) is 34.5. The first kappa shape index (κ1) is 14.1. The van der Waals surface area contributed by atoms with Gasteiger partial charge in [-0.05, 0) is 56.7 Å². The van der Waals surface area contributed by atoms with Crippen molar-refractivity contribution in [1.29, 1.82) is 0 Å². The van der Waals surface area contributed by atoms with Crippen LogP contribution in [0.4, 0.5) is 13.2 Å². The lowest BCUT2D eigenvalue weighted by atomic mass is 9.82. The van der Waals surface area contributed by atoms with Gasteiger partial charge in [-0.3, -0.25) is 4.79 Å². The van der Waals surface area contributed by atoms with Crippen molar-refractivity contribution in [2.75, 3.05) is 6.54 Å². The summed E-state index contributed by atoms with van der Waals surface area (Å²) in [5, 5.41) is 0. The molecule has 1 amide bonds. The van der Waals surface area contributed by atoms with Gasteiger partial charge in [0.25, 0.3) is 0 Å². The first-order valence-corrected chi connectivity index (χ1v) is 7.74. The van der Waals surface area contributed by atoms with Gasteiger partial charge in [-0.15, -0.1) is 0 Å². The summed E-state index contributed by atoms with van der Waals surface area (Å²) in [6.45, 7) is 4.45. The number of amides is 1. The van der Waals surface area contributed by atoms with Gasteiger partial charge < -0.3 is 4.90 Å². The Bertz CT molecular complexity index is 655. The second-order valence-electron chi connectivity index (χ2n) is 7.51. The van der Waals surface area contributed by atoms with Crippen molar-refractivity contribution < 1.29 is 18.0 Å². The zero-order chi connectivity index (χ0) is 15.9. The molecule has 4 rings (SSSR count). The highest BCUT2D eigenvalue weighted by Crippen LogP contribution is 2.76. The summed E-state index contributed by atoms with van der Waals surface area (Å²) in [6.07, 6.45) is 2.62. The molecule has 1 atom stereocenters. The number of fused-ring (bicyclic) bond motifs is 1. The Labute approximate surface area is 127 Å². The molecular weight excluding hydrogens is 291 g/mol. The standard InChI is InChI=1S/C17H18F3NO/c1-16(2)11(9-5-12(18)14(20)13(19)6-9)3-4-21(16)15(22)17-7-10(17)8-17/h5-6,10-11H,3-4,7-8H2,1-2H3. The van der Waals surface area contributed by atoms with Crippen molar-refractivity contribution >= 4 is 5.91 Å². The smallest absolute Gasteiger partial charge is 0.229 e. The third-order valence-electron chi connectivity index (χ3n) is 5.95. The van der Waals surface area contributed by atoms with Crippen molar-refractivity contribution in [3.63, 3.8) is 0 Å². The Kier molecular flexibility index (Phi) is 2.60. The zero-order valence-electron chi connectivity index (χ0n) is 12.6. The predicted molar refractivity (Wildman–Crippen MR) is 74.6 cm³/mol. The van der Waals surface area contributed by atoms with Crippen LogP contribution in [-0.4, -0.2) is 22.9 Å². The lowest BCUT2D eigenvalue weighted by Gasteiger charge is -2.37. The molecule has 1 aromatic carbocycles. The van der Waals surface area contributed by atoms with E-state index in [0.717, 1.165) is 25.0 Å². The number of likely N-dealkylation sites (tertiary alicyclic amines) is 1. The van der Waals surface area contributed by atoms with Crippen LogP contribution in [0.3, 0.4) is 0 Å². The summed E-state index contributed by atoms with van der Waals surface area (Å²) in [6, 6.07) is 2.13. The van der Waals surface area contributed by atoms with Crippen LogP contribution in [0, 0.1) is 28.8 Å². The molecule has 118 valence electrons. The molecule has 0 radical (unpaired) electrons. The predicted octanol–water partition coefficient (Wildman–Crippen LogP) is 3.61. The van der Waals surface area contributed by atoms with Gasteiger partial charge in [-0.1, -0.05) is 0 Å². The van der Waals surface area contributed by atoms with Gasteiger partial charge in [-0.25, -0.2) is 13.2 Å². The summed E-state index contributed by atoms with van der Waals surface area (Å²) in [4.78, 5) is 14.5. The van der Waals surface area contributed by atoms with E-state index in [-0.39, 0.29) is 17.2 Å². The lowest BCUT2D eigenvalue weighted by molar-refractivity contribution is -0.138. The number of carbonyl (C=O) groups excluding carboxylic acids is 1. The molecular formula is C17H18F3NO. The molecule has 1 heterocycles. The summed E-state index contributed by atoms with van der Waals surface area (Å²) in [5.74, 6) is -3.21. The summed E-state index contributed by atoms with van der Waals surface area (Å²) in [7, 11) is 0. The maximum absolute atomic E-state index is 13.5. The molecule has 0 aromatic heterocycles. The van der Waals surface area contributed by atoms with Gasteiger partial charge in [0.2, 0.25) is 5.91 Å². The van der Waals surface area contributed by atoms with E-state index < -0.39 is 23.0 Å². The average Bonchev–Trinajstić information content (AvgIpc) is 3.26. The van der Waals surface area contributed by atoms with Gasteiger partial charge in [-0.2, -0.15) is 0 Å². The van der Waals surface area contributed by atoms with Crippen LogP contribution in [0.15, 0.2) is 12.1 Å². The van der Waals surface area contributed by atoms with E-state index in [1.165, 1.54) is 0 Å². The number of nitrogens with zero attached hydrogens (tertiary/aromatic N) is 1. The van der Waals surface area contributed by atoms with Crippen molar-refractivity contribution in [1.82, 2.24) is 4.90 Å². The molecule has 3 aliphatic rings. The molecule has 2 aliphatic carbocycles. The van der Waals surface area contributed by atoms with Crippen LogP contribution < -0.4 is 0 Å². The molecule has 5 heteroatoms. The topological polar surface area (TPSA) is 20.3 Å². The second kappa shape index (κ2) is 4.06. The maximum Gasteiger partial charge on any atom is 0.229 e. The van der Waals surface area contributed by atoms with Gasteiger partial charge >= 0.3 is 0 Å². The summed E-state index contributed by atoms with van der Waals surface area (Å²) in [5.41, 5.74) is -0.193. The maximum atomic E-state index is 13.5. The molecule has 0 N–H and O–H groups in total. The van der Waals surface area contributed by atoms with Crippen molar-refractivity contribution in [3.8, 4) is 0 Å². The van der Waals surface area contributed by atoms with Crippen molar-refractivity contribution in [3.05, 3.63) is 35.1 Å². The Balaban J connectivity index is 1.65. The average molecular weight is 309 g/mol. The highest BCUT2D eigenvalue weighted by molar-refractivity contribution is 5.91. The van der Waals surface area contributed by atoms with E-state index >= 15 is 0 Å². The number of benzene rings is 1. The summed E-state index contributed by atoms with van der Waals surface area (Å²) < 4.78 is 40.2. The Morgan fingerprint density at radius 1 is 1.18 bits per heavy atom. The Hall–Kier alpha value is -1.52. The molecule has 2 nitrogen and oxygen atoms in total. The quantitative estimate of drug-likeness (QED) is 0.764. The van der Waals surface area contributed by atoms with E-state index in [9.17, 15) is 18.0 Å². The number of rotatable bonds is 2. The van der Waals surface area contributed by atoms with Crippen LogP contribution in [0.25, 0.3) is 0 Å². The highest BCUT2D eigenvalue weighted by atomic mass is 19.2. The van der Waals surface area contributed by atoms with E-state index in [4.69, 9.17) is 0 Å². The third-order valence-corrected chi connectivity index (χ3v) is 5.95. The monoisotopic (exact) mass is 309 g/mol. The number of hydrogen-bond acceptors (Lipinski definition) is 1. The minimum absolute atomic E-state index is 0.106. The zero-order valence-corrected chi connectivity index (χ0v) is 12.6. The number of hydrogen-bond donors (Lipinski definition) is 0. The van der Waals surface area contributed by atoms with Gasteiger partial charge in [0.05, 0.1) is 5.41 Å². The minimum atomic E-state index is -1.44. The van der Waals surface area contributed by atoms with Crippen LogP contribution in [0.1, 0.15) is 44.6 Å². The summed E-state index contributed by atoms with van der Waals surface area (Å²) >= 11 is 0. The first-order chi connectivity index (χ1) is 10.3. The molecule has 1 saturated heterocycles. The van der Waals surface area contributed by atoms with Gasteiger partial charge in [0.15, 0.2) is 17.5 Å². The fourth-order valence-electron chi connectivity index (χ4n) is 4.12. The number of halogens is 3. The van der Waals surface area contributed by atoms with Gasteiger partial charge in [0.1, 0.15) is 0 Å². The van der Waals surface area contributed by atoms with Crippen molar-refractivity contribution in [2.24, 2.45) is 11.3 Å². The van der Waals surface area contributed by atoms with Gasteiger partial charge in [0, 0.05) is 18.0 Å². The Morgan fingerprint density at radius 3 is 2.23 bits per heavy atom. The molecule has 0 spiro atoms. The Morgan fingerprint density at radius 2 is 1.73 bits per heavy atom. The van der Waals surface area contributed by atoms with Crippen molar-refractivity contribution in [2.45, 2.75) is 44.6 Å². The molecule has 1 unspecified atom stereocenters. The second-order valence-corrected chi connectivity index (χ2v) is 7.51. The van der Waals surface area contributed by atoms with E-state index in [0.29, 0.717) is 24.4 Å². The van der Waals surface area contributed by atoms with Crippen LogP contribution in [-0.2, 0) is 4.79 Å². The fraction of sp³-hybridized carbons (Fsp3) is 0.588. The lowest BCUT2D eigenvalue weighted by Crippen LogP contribution is -2.47.